The summed E-state index contributed by atoms with van der Waals surface area (Å²) in [6.45, 7) is 3.91. The fraction of sp³-hybridized carbons (Fsp3) is 0.625. The monoisotopic (exact) mass is 343 g/mol. The van der Waals surface area contributed by atoms with E-state index in [4.69, 9.17) is 4.52 Å². The van der Waals surface area contributed by atoms with Gasteiger partial charge in [-0.25, -0.2) is 4.79 Å². The number of aromatic nitrogens is 4. The molecular weight excluding hydrogens is 322 g/mol. The lowest BCUT2D eigenvalue weighted by atomic mass is 9.85. The van der Waals surface area contributed by atoms with Crippen LogP contribution >= 0.6 is 0 Å². The van der Waals surface area contributed by atoms with Crippen molar-refractivity contribution in [1.29, 1.82) is 0 Å². The third-order valence-corrected chi connectivity index (χ3v) is 5.37. The molecule has 0 unspecified atom stereocenters. The van der Waals surface area contributed by atoms with Gasteiger partial charge in [0.2, 0.25) is 5.89 Å². The van der Waals surface area contributed by atoms with Crippen LogP contribution in [0.3, 0.4) is 0 Å². The highest BCUT2D eigenvalue weighted by molar-refractivity contribution is 5.93. The number of amides is 2. The van der Waals surface area contributed by atoms with Crippen LogP contribution in [0, 0.1) is 0 Å². The standard InChI is InChI=1S/C16H21N7O2/c24-16-17-4-5-22(16)12-6-18-23(9-12)13-7-21(8-13)10-14-19-15(25-20-14)11-2-1-3-11/h6,9,11,13H,1-5,7-8,10H2,(H,17,24). The Morgan fingerprint density at radius 1 is 1.32 bits per heavy atom. The van der Waals surface area contributed by atoms with Crippen LogP contribution in [0.5, 0.6) is 0 Å². The first-order chi connectivity index (χ1) is 12.3. The maximum atomic E-state index is 11.7. The van der Waals surface area contributed by atoms with Gasteiger partial charge in [0.05, 0.1) is 24.5 Å². The predicted molar refractivity (Wildman–Crippen MR) is 88.2 cm³/mol. The SMILES string of the molecule is O=C1NCCN1c1cnn(C2CN(Cc3noc(C4CCC4)n3)C2)c1. The second kappa shape index (κ2) is 5.83. The lowest BCUT2D eigenvalue weighted by Crippen LogP contribution is -2.47. The molecule has 2 saturated heterocycles. The van der Waals surface area contributed by atoms with E-state index < -0.39 is 0 Å². The topological polar surface area (TPSA) is 92.3 Å². The van der Waals surface area contributed by atoms with Crippen LogP contribution in [0.2, 0.25) is 0 Å². The molecule has 1 saturated carbocycles. The van der Waals surface area contributed by atoms with Gasteiger partial charge in [-0.05, 0) is 12.8 Å². The molecule has 132 valence electrons. The Bertz CT molecular complexity index is 775. The summed E-state index contributed by atoms with van der Waals surface area (Å²) in [5, 5.41) is 11.3. The minimum absolute atomic E-state index is 0.0471. The van der Waals surface area contributed by atoms with Crippen molar-refractivity contribution >= 4 is 11.7 Å². The van der Waals surface area contributed by atoms with Crippen molar-refractivity contribution in [1.82, 2.24) is 30.1 Å². The first-order valence-electron chi connectivity index (χ1n) is 8.90. The number of anilines is 1. The molecule has 3 fully saturated rings. The number of rotatable bonds is 5. The van der Waals surface area contributed by atoms with Gasteiger partial charge in [0.25, 0.3) is 0 Å². The van der Waals surface area contributed by atoms with Gasteiger partial charge in [0.1, 0.15) is 0 Å². The number of nitrogens with zero attached hydrogens (tertiary/aromatic N) is 6. The Kier molecular flexibility index (Phi) is 3.47. The van der Waals surface area contributed by atoms with E-state index in [0.717, 1.165) is 37.0 Å². The van der Waals surface area contributed by atoms with Gasteiger partial charge in [-0.15, -0.1) is 0 Å². The summed E-state index contributed by atoms with van der Waals surface area (Å²) in [7, 11) is 0. The molecule has 0 aromatic carbocycles. The van der Waals surface area contributed by atoms with E-state index in [0.29, 0.717) is 25.0 Å². The van der Waals surface area contributed by atoms with Gasteiger partial charge in [-0.1, -0.05) is 11.6 Å². The maximum absolute atomic E-state index is 11.7. The molecule has 2 amide bonds. The smallest absolute Gasteiger partial charge is 0.322 e. The number of nitrogens with one attached hydrogen (secondary N) is 1. The normalized spacial score (nSPS) is 22.1. The lowest BCUT2D eigenvalue weighted by molar-refractivity contribution is 0.0872. The Labute approximate surface area is 145 Å². The van der Waals surface area contributed by atoms with Gasteiger partial charge in [-0.3, -0.25) is 14.5 Å². The van der Waals surface area contributed by atoms with E-state index in [-0.39, 0.29) is 6.03 Å². The number of likely N-dealkylation sites (tertiary alicyclic amines) is 1. The summed E-state index contributed by atoms with van der Waals surface area (Å²) in [5.41, 5.74) is 0.858. The average Bonchev–Trinajstić information content (AvgIpc) is 3.21. The molecule has 0 radical (unpaired) electrons. The van der Waals surface area contributed by atoms with Crippen LogP contribution in [0.4, 0.5) is 10.5 Å². The third-order valence-electron chi connectivity index (χ3n) is 5.37. The molecule has 2 aromatic rings. The molecule has 4 heterocycles. The van der Waals surface area contributed by atoms with Crippen LogP contribution in [0.25, 0.3) is 0 Å². The van der Waals surface area contributed by atoms with Crippen LogP contribution in [0.15, 0.2) is 16.9 Å². The first-order valence-corrected chi connectivity index (χ1v) is 8.90. The fourth-order valence-corrected chi connectivity index (χ4v) is 3.58. The number of carbonyl (C=O) groups excluding carboxylic acids is 1. The predicted octanol–water partition coefficient (Wildman–Crippen LogP) is 1.12. The molecule has 9 heteroatoms. The molecule has 2 aliphatic heterocycles. The van der Waals surface area contributed by atoms with Crippen LogP contribution in [0.1, 0.15) is 42.9 Å². The molecule has 1 N–H and O–H groups in total. The summed E-state index contributed by atoms with van der Waals surface area (Å²) in [6.07, 6.45) is 7.32. The molecule has 5 rings (SSSR count). The van der Waals surface area contributed by atoms with Gasteiger partial charge >= 0.3 is 6.03 Å². The Balaban J connectivity index is 1.16. The van der Waals surface area contributed by atoms with E-state index in [2.05, 4.69) is 25.5 Å². The second-order valence-electron chi connectivity index (χ2n) is 7.09. The zero-order valence-electron chi connectivity index (χ0n) is 14.0. The van der Waals surface area contributed by atoms with Crippen molar-refractivity contribution in [2.24, 2.45) is 0 Å². The number of carbonyl (C=O) groups is 1. The van der Waals surface area contributed by atoms with Gasteiger partial charge in [0, 0.05) is 38.3 Å². The van der Waals surface area contributed by atoms with Gasteiger partial charge in [0.15, 0.2) is 5.82 Å². The molecule has 1 aliphatic carbocycles. The van der Waals surface area contributed by atoms with Crippen LogP contribution in [-0.4, -0.2) is 57.0 Å². The van der Waals surface area contributed by atoms with Gasteiger partial charge in [-0.2, -0.15) is 10.1 Å². The summed E-state index contributed by atoms with van der Waals surface area (Å²) < 4.78 is 7.32. The molecule has 25 heavy (non-hydrogen) atoms. The highest BCUT2D eigenvalue weighted by Gasteiger charge is 2.32. The average molecular weight is 343 g/mol. The van der Waals surface area contributed by atoms with E-state index in [9.17, 15) is 4.79 Å². The molecule has 0 spiro atoms. The van der Waals surface area contributed by atoms with Crippen molar-refractivity contribution in [2.45, 2.75) is 37.8 Å². The zero-order chi connectivity index (χ0) is 16.8. The zero-order valence-corrected chi connectivity index (χ0v) is 14.0. The summed E-state index contributed by atoms with van der Waals surface area (Å²) >= 11 is 0. The van der Waals surface area contributed by atoms with Crippen molar-refractivity contribution in [3.63, 3.8) is 0 Å². The van der Waals surface area contributed by atoms with E-state index in [1.807, 2.05) is 10.9 Å². The quantitative estimate of drug-likeness (QED) is 0.875. The molecular formula is C16H21N7O2. The Hall–Kier alpha value is -2.42. The minimum Gasteiger partial charge on any atom is -0.339 e. The largest absolute Gasteiger partial charge is 0.339 e. The maximum Gasteiger partial charge on any atom is 0.322 e. The highest BCUT2D eigenvalue weighted by atomic mass is 16.5. The van der Waals surface area contributed by atoms with E-state index in [1.54, 1.807) is 11.1 Å². The van der Waals surface area contributed by atoms with Crippen LogP contribution in [-0.2, 0) is 6.54 Å². The Morgan fingerprint density at radius 2 is 2.20 bits per heavy atom. The second-order valence-corrected chi connectivity index (χ2v) is 7.09. The number of hydrogen-bond acceptors (Lipinski definition) is 6. The van der Waals surface area contributed by atoms with E-state index >= 15 is 0 Å². The minimum atomic E-state index is -0.0471. The molecule has 0 atom stereocenters. The molecule has 0 bridgehead atoms. The highest BCUT2D eigenvalue weighted by Crippen LogP contribution is 2.35. The Morgan fingerprint density at radius 3 is 2.92 bits per heavy atom. The summed E-state index contributed by atoms with van der Waals surface area (Å²) in [5.74, 6) is 2.06. The van der Waals surface area contributed by atoms with Crippen molar-refractivity contribution in [3.8, 4) is 0 Å². The number of hydrogen-bond donors (Lipinski definition) is 1. The summed E-state index contributed by atoms with van der Waals surface area (Å²) in [4.78, 5) is 20.2. The van der Waals surface area contributed by atoms with E-state index in [1.165, 1.54) is 19.3 Å². The van der Waals surface area contributed by atoms with Crippen molar-refractivity contribution in [3.05, 3.63) is 24.1 Å². The molecule has 3 aliphatic rings. The first kappa shape index (κ1) is 14.9. The third kappa shape index (κ3) is 2.68. The number of urea groups is 1. The lowest BCUT2D eigenvalue weighted by Gasteiger charge is -2.38. The van der Waals surface area contributed by atoms with Gasteiger partial charge < -0.3 is 9.84 Å². The van der Waals surface area contributed by atoms with Crippen LogP contribution < -0.4 is 10.2 Å². The van der Waals surface area contributed by atoms with Crippen molar-refractivity contribution < 1.29 is 9.32 Å². The fourth-order valence-electron chi connectivity index (χ4n) is 3.58. The van der Waals surface area contributed by atoms with Crippen molar-refractivity contribution in [2.75, 3.05) is 31.1 Å². The molecule has 9 nitrogen and oxygen atoms in total. The summed E-state index contributed by atoms with van der Waals surface area (Å²) in [6, 6.07) is 0.284. The molecule has 2 aromatic heterocycles.